The van der Waals surface area contributed by atoms with Crippen LogP contribution in [0.5, 0.6) is 0 Å². The zero-order valence-corrected chi connectivity index (χ0v) is 24.4. The van der Waals surface area contributed by atoms with E-state index in [0.29, 0.717) is 0 Å². The monoisotopic (exact) mass is 583 g/mol. The summed E-state index contributed by atoms with van der Waals surface area (Å²) in [7, 11) is 0. The van der Waals surface area contributed by atoms with Gasteiger partial charge in [0, 0.05) is 0 Å². The minimum absolute atomic E-state index is 0. The summed E-state index contributed by atoms with van der Waals surface area (Å²) in [6.07, 6.45) is 7.73. The molecule has 0 aromatic heterocycles. The van der Waals surface area contributed by atoms with Gasteiger partial charge in [-0.05, 0) is 20.3 Å². The molecule has 1 aliphatic rings. The maximum atomic E-state index is 2.35. The molecule has 178 valence electrons. The van der Waals surface area contributed by atoms with Crippen molar-refractivity contribution in [1.82, 2.24) is 0 Å². The van der Waals surface area contributed by atoms with Crippen LogP contribution in [0.4, 0.5) is 0 Å². The number of hydrogen-bond acceptors (Lipinski definition) is 0. The Bertz CT molecular complexity index is 1500. The normalized spacial score (nSPS) is 11.8. The van der Waals surface area contributed by atoms with E-state index in [1.165, 1.54) is 82.4 Å². The maximum absolute atomic E-state index is 2.35. The van der Waals surface area contributed by atoms with Crippen molar-refractivity contribution in [2.24, 2.45) is 0 Å². The molecule has 5 aromatic rings. The van der Waals surface area contributed by atoms with Crippen molar-refractivity contribution in [1.29, 1.82) is 0 Å². The predicted octanol–water partition coefficient (Wildman–Crippen LogP) is 2.48. The molecule has 0 N–H and O–H groups in total. The summed E-state index contributed by atoms with van der Waals surface area (Å²) in [6.45, 7) is 4.48. The summed E-state index contributed by atoms with van der Waals surface area (Å²) in [4.78, 5) is 0. The van der Waals surface area contributed by atoms with Gasteiger partial charge in [-0.3, -0.25) is 0 Å². The molecular weight excluding hydrogens is 558 g/mol. The molecule has 3 heteroatoms. The molecular formula is C33H27Cl2Zr-. The first-order valence-electron chi connectivity index (χ1n) is 11.8. The third kappa shape index (κ3) is 5.76. The number of rotatable bonds is 3. The zero-order valence-electron chi connectivity index (χ0n) is 20.4. The quantitative estimate of drug-likeness (QED) is 0.286. The van der Waals surface area contributed by atoms with Crippen molar-refractivity contribution in [3.63, 3.8) is 0 Å². The molecule has 0 bridgehead atoms. The van der Waals surface area contributed by atoms with Gasteiger partial charge < -0.3 is 24.8 Å². The van der Waals surface area contributed by atoms with Crippen LogP contribution in [0.3, 0.4) is 0 Å². The van der Waals surface area contributed by atoms with Gasteiger partial charge >= 0.3 is 99.2 Å². The first-order valence-corrected chi connectivity index (χ1v) is 13.0. The Morgan fingerprint density at radius 1 is 0.750 bits per heavy atom. The SMILES string of the molecule is Cc1cc2c([cH-]c3ccccc32)c(C2=CC=CC2)c1C.[Cl-].[Cl-].[Zr+2]=[C](c1ccccc1)c1ccccc1. The van der Waals surface area contributed by atoms with E-state index < -0.39 is 0 Å². The number of allylic oxidation sites excluding steroid dienone is 4. The molecule has 6 rings (SSSR count). The first-order chi connectivity index (χ1) is 16.6. The standard InChI is InChI=1S/C20H17.C13H10.2ClH.Zr/c1-13-11-18-17-10-6-5-9-16(17)12-19(18)20(14(13)2)15-7-3-4-8-15;1-3-7-12(8-4-1)11-13-9-5-2-6-10-13;;;/h3-7,9-12H,8H2,1-2H3;1-10H;2*1H;/q-1;;;;+2/p-2. The molecule has 5 aromatic carbocycles. The van der Waals surface area contributed by atoms with Crippen LogP contribution in [-0.2, 0) is 24.2 Å². The second-order valence-corrected chi connectivity index (χ2v) is 10.0. The van der Waals surface area contributed by atoms with Gasteiger partial charge in [-0.2, -0.15) is 0 Å². The van der Waals surface area contributed by atoms with Gasteiger partial charge in [0.15, 0.2) is 0 Å². The fourth-order valence-electron chi connectivity index (χ4n) is 4.76. The van der Waals surface area contributed by atoms with Gasteiger partial charge in [-0.25, -0.2) is 0 Å². The molecule has 0 fully saturated rings. The Kier molecular flexibility index (Phi) is 9.92. The van der Waals surface area contributed by atoms with Crippen LogP contribution in [0.1, 0.15) is 34.2 Å². The van der Waals surface area contributed by atoms with Crippen LogP contribution in [-0.4, -0.2) is 3.21 Å². The Morgan fingerprint density at radius 3 is 1.92 bits per heavy atom. The molecule has 0 unspecified atom stereocenters. The number of halogens is 2. The van der Waals surface area contributed by atoms with Gasteiger partial charge in [0.05, 0.1) is 0 Å². The van der Waals surface area contributed by atoms with Crippen molar-refractivity contribution >= 4 is 30.3 Å². The third-order valence-electron chi connectivity index (χ3n) is 6.65. The van der Waals surface area contributed by atoms with Crippen molar-refractivity contribution in [2.45, 2.75) is 20.3 Å². The molecule has 0 nitrogen and oxygen atoms in total. The summed E-state index contributed by atoms with van der Waals surface area (Å²) in [5.74, 6) is 0. The van der Waals surface area contributed by atoms with E-state index >= 15 is 0 Å². The van der Waals surface area contributed by atoms with E-state index in [2.05, 4.69) is 129 Å². The van der Waals surface area contributed by atoms with Crippen molar-refractivity contribution in [3.8, 4) is 0 Å². The van der Waals surface area contributed by atoms with Crippen LogP contribution in [0.15, 0.2) is 115 Å². The van der Waals surface area contributed by atoms with E-state index in [-0.39, 0.29) is 24.8 Å². The number of hydrogen-bond donors (Lipinski definition) is 0. The Balaban J connectivity index is 0.000000201. The average molecular weight is 586 g/mol. The molecule has 0 atom stereocenters. The fourth-order valence-corrected chi connectivity index (χ4v) is 5.57. The number of fused-ring (bicyclic) bond motifs is 3. The van der Waals surface area contributed by atoms with Crippen molar-refractivity contribution in [2.75, 3.05) is 0 Å². The van der Waals surface area contributed by atoms with Gasteiger partial charge in [0.1, 0.15) is 0 Å². The summed E-state index contributed by atoms with van der Waals surface area (Å²) < 4.78 is 1.42. The van der Waals surface area contributed by atoms with Crippen LogP contribution in [0.25, 0.3) is 27.1 Å². The Labute approximate surface area is 241 Å². The first kappa shape index (κ1) is 28.1. The van der Waals surface area contributed by atoms with Crippen LogP contribution in [0, 0.1) is 13.8 Å². The molecule has 0 radical (unpaired) electrons. The van der Waals surface area contributed by atoms with Gasteiger partial charge in [0.2, 0.25) is 0 Å². The zero-order chi connectivity index (χ0) is 23.5. The summed E-state index contributed by atoms with van der Waals surface area (Å²) in [6, 6.07) is 34.5. The molecule has 36 heavy (non-hydrogen) atoms. The van der Waals surface area contributed by atoms with Gasteiger partial charge in [-0.15, -0.1) is 33.7 Å². The average Bonchev–Trinajstić information content (AvgIpc) is 3.54. The third-order valence-corrected chi connectivity index (χ3v) is 8.07. The Morgan fingerprint density at radius 2 is 1.33 bits per heavy atom. The molecule has 0 aliphatic heterocycles. The molecule has 0 amide bonds. The fraction of sp³-hybridized carbons (Fsp3) is 0.0909. The van der Waals surface area contributed by atoms with E-state index in [1.807, 2.05) is 0 Å². The van der Waals surface area contributed by atoms with Gasteiger partial charge in [-0.1, -0.05) is 64.8 Å². The van der Waals surface area contributed by atoms with E-state index in [9.17, 15) is 0 Å². The van der Waals surface area contributed by atoms with Crippen LogP contribution in [0.2, 0.25) is 0 Å². The number of aryl methyl sites for hydroxylation is 1. The summed E-state index contributed by atoms with van der Waals surface area (Å²) in [5, 5.41) is 5.52. The topological polar surface area (TPSA) is 0 Å². The van der Waals surface area contributed by atoms with E-state index in [0.717, 1.165) is 6.42 Å². The van der Waals surface area contributed by atoms with Crippen LogP contribution < -0.4 is 24.8 Å². The minimum atomic E-state index is 0. The molecule has 0 saturated heterocycles. The van der Waals surface area contributed by atoms with Crippen LogP contribution >= 0.6 is 0 Å². The van der Waals surface area contributed by atoms with E-state index in [1.54, 1.807) is 0 Å². The predicted molar refractivity (Wildman–Crippen MR) is 144 cm³/mol. The molecule has 0 spiro atoms. The summed E-state index contributed by atoms with van der Waals surface area (Å²) >= 11 is 1.46. The molecule has 0 heterocycles. The second kappa shape index (κ2) is 12.7. The second-order valence-electron chi connectivity index (χ2n) is 8.82. The molecule has 0 saturated carbocycles. The number of benzene rings is 4. The van der Waals surface area contributed by atoms with Gasteiger partial charge in [0.25, 0.3) is 0 Å². The summed E-state index contributed by atoms with van der Waals surface area (Å²) in [5.41, 5.74) is 8.36. The van der Waals surface area contributed by atoms with E-state index in [4.69, 9.17) is 0 Å². The Hall–Kier alpha value is -2.44. The molecule has 1 aliphatic carbocycles. The van der Waals surface area contributed by atoms with Crippen molar-refractivity contribution in [3.05, 3.63) is 143 Å². The van der Waals surface area contributed by atoms with Crippen molar-refractivity contribution < 1.29 is 49.0 Å².